The van der Waals surface area contributed by atoms with Crippen LogP contribution in [0.15, 0.2) is 48.2 Å². The first-order chi connectivity index (χ1) is 15.1. The van der Waals surface area contributed by atoms with Crippen LogP contribution in [-0.4, -0.2) is 51.1 Å². The number of ether oxygens (including phenoxy) is 3. The van der Waals surface area contributed by atoms with Gasteiger partial charge in [0.05, 0.1) is 32.6 Å². The topological polar surface area (TPSA) is 68.3 Å². The van der Waals surface area contributed by atoms with Crippen LogP contribution >= 0.6 is 0 Å². The molecule has 2 amide bonds. The number of hydrogen-bond donors (Lipinski definition) is 0. The quantitative estimate of drug-likeness (QED) is 0.664. The number of para-hydroxylation sites is 1. The molecule has 0 N–H and O–H groups in total. The SMILES string of the molecule is COc1ccc(N2C(=O)C(c3ccccc3OC)=C(N3CCCCC3)C2=O)cc1OC. The summed E-state index contributed by atoms with van der Waals surface area (Å²) in [5.74, 6) is 0.829. The molecule has 0 unspecified atom stereocenters. The number of rotatable bonds is 6. The second-order valence-electron chi connectivity index (χ2n) is 7.46. The first-order valence-corrected chi connectivity index (χ1v) is 10.3. The van der Waals surface area contributed by atoms with E-state index in [0.717, 1.165) is 32.4 Å². The van der Waals surface area contributed by atoms with Gasteiger partial charge in [0.2, 0.25) is 0 Å². The molecule has 0 radical (unpaired) electrons. The zero-order valence-electron chi connectivity index (χ0n) is 18.0. The van der Waals surface area contributed by atoms with Crippen molar-refractivity contribution >= 4 is 23.1 Å². The van der Waals surface area contributed by atoms with Crippen LogP contribution in [-0.2, 0) is 9.59 Å². The predicted octanol–water partition coefficient (Wildman–Crippen LogP) is 3.48. The average Bonchev–Trinajstić information content (AvgIpc) is 3.08. The van der Waals surface area contributed by atoms with Crippen LogP contribution in [0.25, 0.3) is 5.57 Å². The zero-order chi connectivity index (χ0) is 22.0. The van der Waals surface area contributed by atoms with E-state index in [4.69, 9.17) is 14.2 Å². The van der Waals surface area contributed by atoms with Crippen molar-refractivity contribution in [2.24, 2.45) is 0 Å². The molecule has 7 heteroatoms. The second-order valence-corrected chi connectivity index (χ2v) is 7.46. The van der Waals surface area contributed by atoms with Gasteiger partial charge < -0.3 is 19.1 Å². The summed E-state index contributed by atoms with van der Waals surface area (Å²) in [7, 11) is 4.62. The highest BCUT2D eigenvalue weighted by molar-refractivity contribution is 6.45. The Labute approximate surface area is 181 Å². The van der Waals surface area contributed by atoms with E-state index < -0.39 is 0 Å². The summed E-state index contributed by atoms with van der Waals surface area (Å²) >= 11 is 0. The highest BCUT2D eigenvalue weighted by atomic mass is 16.5. The number of anilines is 1. The van der Waals surface area contributed by atoms with Crippen molar-refractivity contribution in [2.75, 3.05) is 39.3 Å². The molecule has 4 rings (SSSR count). The summed E-state index contributed by atoms with van der Waals surface area (Å²) in [5.41, 5.74) is 1.86. The van der Waals surface area contributed by atoms with Crippen LogP contribution in [0.1, 0.15) is 24.8 Å². The third-order valence-corrected chi connectivity index (χ3v) is 5.73. The number of carbonyl (C=O) groups excluding carboxylic acids is 2. The first kappa shape index (κ1) is 20.8. The first-order valence-electron chi connectivity index (χ1n) is 10.3. The molecule has 0 spiro atoms. The van der Waals surface area contributed by atoms with Gasteiger partial charge in [-0.05, 0) is 37.5 Å². The van der Waals surface area contributed by atoms with E-state index in [1.54, 1.807) is 38.5 Å². The van der Waals surface area contributed by atoms with Crippen molar-refractivity contribution in [3.05, 3.63) is 53.7 Å². The van der Waals surface area contributed by atoms with E-state index in [9.17, 15) is 9.59 Å². The van der Waals surface area contributed by atoms with Gasteiger partial charge in [-0.15, -0.1) is 0 Å². The Morgan fingerprint density at radius 3 is 2.10 bits per heavy atom. The van der Waals surface area contributed by atoms with Crippen LogP contribution in [0.5, 0.6) is 17.2 Å². The number of nitrogens with zero attached hydrogens (tertiary/aromatic N) is 2. The molecule has 0 atom stereocenters. The molecule has 0 aliphatic carbocycles. The monoisotopic (exact) mass is 422 g/mol. The maximum absolute atomic E-state index is 13.7. The Morgan fingerprint density at radius 1 is 0.742 bits per heavy atom. The normalized spacial score (nSPS) is 16.7. The minimum absolute atomic E-state index is 0.333. The Bertz CT molecular complexity index is 1040. The second kappa shape index (κ2) is 8.71. The number of amides is 2. The lowest BCUT2D eigenvalue weighted by molar-refractivity contribution is -0.120. The lowest BCUT2D eigenvalue weighted by Gasteiger charge is -2.29. The summed E-state index contributed by atoms with van der Waals surface area (Å²) in [4.78, 5) is 30.6. The lowest BCUT2D eigenvalue weighted by Crippen LogP contribution is -2.37. The molecular weight excluding hydrogens is 396 g/mol. The van der Waals surface area contributed by atoms with Crippen molar-refractivity contribution in [2.45, 2.75) is 19.3 Å². The summed E-state index contributed by atoms with van der Waals surface area (Å²) in [6.07, 6.45) is 3.09. The molecule has 2 aromatic rings. The average molecular weight is 422 g/mol. The number of hydrogen-bond acceptors (Lipinski definition) is 6. The maximum Gasteiger partial charge on any atom is 0.282 e. The van der Waals surface area contributed by atoms with Crippen molar-refractivity contribution in [3.63, 3.8) is 0 Å². The van der Waals surface area contributed by atoms with Crippen molar-refractivity contribution in [3.8, 4) is 17.2 Å². The third-order valence-electron chi connectivity index (χ3n) is 5.73. The van der Waals surface area contributed by atoms with Gasteiger partial charge >= 0.3 is 0 Å². The summed E-state index contributed by atoms with van der Waals surface area (Å²) in [5, 5.41) is 0. The Hall–Kier alpha value is -3.48. The molecule has 1 fully saturated rings. The van der Waals surface area contributed by atoms with Crippen LogP contribution in [0.3, 0.4) is 0 Å². The van der Waals surface area contributed by atoms with Gasteiger partial charge in [0.15, 0.2) is 11.5 Å². The molecule has 1 saturated heterocycles. The smallest absolute Gasteiger partial charge is 0.282 e. The zero-order valence-corrected chi connectivity index (χ0v) is 18.0. The Balaban J connectivity index is 1.85. The van der Waals surface area contributed by atoms with E-state index in [-0.39, 0.29) is 11.8 Å². The van der Waals surface area contributed by atoms with E-state index in [2.05, 4.69) is 0 Å². The standard InChI is InChI=1S/C24H26N2O5/c1-29-18-10-6-5-9-17(18)21-22(25-13-7-4-8-14-25)24(28)26(23(21)27)16-11-12-19(30-2)20(15-16)31-3/h5-6,9-12,15H,4,7-8,13-14H2,1-3H3. The predicted molar refractivity (Wildman–Crippen MR) is 117 cm³/mol. The molecule has 31 heavy (non-hydrogen) atoms. The van der Waals surface area contributed by atoms with E-state index in [1.807, 2.05) is 23.1 Å². The summed E-state index contributed by atoms with van der Waals surface area (Å²) in [6.45, 7) is 1.49. The fourth-order valence-electron chi connectivity index (χ4n) is 4.22. The molecule has 0 aromatic heterocycles. The van der Waals surface area contributed by atoms with Gasteiger partial charge in [0.1, 0.15) is 11.4 Å². The van der Waals surface area contributed by atoms with E-state index in [1.165, 1.54) is 12.0 Å². The number of methoxy groups -OCH3 is 3. The highest BCUT2D eigenvalue weighted by Gasteiger charge is 2.43. The summed E-state index contributed by atoms with van der Waals surface area (Å²) < 4.78 is 16.2. The summed E-state index contributed by atoms with van der Waals surface area (Å²) in [6, 6.07) is 12.3. The number of benzene rings is 2. The number of piperidine rings is 1. The molecule has 2 aliphatic rings. The van der Waals surface area contributed by atoms with E-state index >= 15 is 0 Å². The van der Waals surface area contributed by atoms with Crippen LogP contribution in [0.2, 0.25) is 0 Å². The number of imide groups is 1. The van der Waals surface area contributed by atoms with Gasteiger partial charge in [-0.25, -0.2) is 4.90 Å². The minimum atomic E-state index is -0.373. The molecule has 7 nitrogen and oxygen atoms in total. The molecule has 2 heterocycles. The Kier molecular flexibility index (Phi) is 5.84. The van der Waals surface area contributed by atoms with Crippen LogP contribution in [0.4, 0.5) is 5.69 Å². The molecule has 2 aliphatic heterocycles. The molecule has 0 bridgehead atoms. The third kappa shape index (κ3) is 3.60. The van der Waals surface area contributed by atoms with Gasteiger partial charge in [-0.3, -0.25) is 9.59 Å². The fraction of sp³-hybridized carbons (Fsp3) is 0.333. The van der Waals surface area contributed by atoms with Gasteiger partial charge in [0, 0.05) is 24.7 Å². The van der Waals surface area contributed by atoms with Crippen LogP contribution in [0, 0.1) is 0 Å². The fourth-order valence-corrected chi connectivity index (χ4v) is 4.22. The van der Waals surface area contributed by atoms with Crippen molar-refractivity contribution in [1.82, 2.24) is 4.90 Å². The Morgan fingerprint density at radius 2 is 1.42 bits per heavy atom. The van der Waals surface area contributed by atoms with Crippen LogP contribution < -0.4 is 19.1 Å². The number of likely N-dealkylation sites (tertiary alicyclic amines) is 1. The molecule has 0 saturated carbocycles. The lowest BCUT2D eigenvalue weighted by atomic mass is 10.0. The maximum atomic E-state index is 13.7. The minimum Gasteiger partial charge on any atom is -0.496 e. The van der Waals surface area contributed by atoms with Gasteiger partial charge in [-0.2, -0.15) is 0 Å². The molecule has 2 aromatic carbocycles. The van der Waals surface area contributed by atoms with E-state index in [0.29, 0.717) is 39.8 Å². The molecule has 162 valence electrons. The van der Waals surface area contributed by atoms with Gasteiger partial charge in [0.25, 0.3) is 11.8 Å². The largest absolute Gasteiger partial charge is 0.496 e. The number of carbonyl (C=O) groups is 2. The van der Waals surface area contributed by atoms with Crippen molar-refractivity contribution < 1.29 is 23.8 Å². The molecular formula is C24H26N2O5. The van der Waals surface area contributed by atoms with Crippen molar-refractivity contribution in [1.29, 1.82) is 0 Å². The van der Waals surface area contributed by atoms with Gasteiger partial charge in [-0.1, -0.05) is 18.2 Å². The highest BCUT2D eigenvalue weighted by Crippen LogP contribution is 2.40.